The van der Waals surface area contributed by atoms with Crippen LogP contribution < -0.4 is 10.6 Å². The summed E-state index contributed by atoms with van der Waals surface area (Å²) in [6.07, 6.45) is -0.683. The summed E-state index contributed by atoms with van der Waals surface area (Å²) < 4.78 is 43.8. The van der Waals surface area contributed by atoms with Gasteiger partial charge in [-0.15, -0.1) is 0 Å². The Bertz CT molecular complexity index is 502. The highest BCUT2D eigenvalue weighted by Crippen LogP contribution is 2.39. The highest BCUT2D eigenvalue weighted by atomic mass is 19.4. The number of rotatable bonds is 6. The van der Waals surface area contributed by atoms with Gasteiger partial charge < -0.3 is 15.4 Å². The van der Waals surface area contributed by atoms with Crippen LogP contribution in [0.5, 0.6) is 0 Å². The molecule has 2 N–H and O–H groups in total. The summed E-state index contributed by atoms with van der Waals surface area (Å²) in [7, 11) is 0. The van der Waals surface area contributed by atoms with E-state index in [0.717, 1.165) is 19.4 Å². The number of aromatic nitrogens is 2. The molecule has 1 unspecified atom stereocenters. The van der Waals surface area contributed by atoms with Crippen LogP contribution in [0, 0.1) is 5.41 Å². The average Bonchev–Trinajstić information content (AvgIpc) is 2.47. The molecule has 1 saturated heterocycles. The van der Waals surface area contributed by atoms with Gasteiger partial charge in [0, 0.05) is 19.3 Å². The zero-order valence-corrected chi connectivity index (χ0v) is 13.4. The van der Waals surface area contributed by atoms with E-state index in [4.69, 9.17) is 4.74 Å². The summed E-state index contributed by atoms with van der Waals surface area (Å²) in [6.45, 7) is 3.95. The number of hydrogen-bond donors (Lipinski definition) is 2. The van der Waals surface area contributed by atoms with Gasteiger partial charge in [-0.05, 0) is 25.3 Å². The normalized spacial score (nSPS) is 19.4. The van der Waals surface area contributed by atoms with Crippen LogP contribution >= 0.6 is 0 Å². The molecule has 1 aliphatic heterocycles. The SMILES string of the molecule is CC(C)(CCNc1nccc(NC2CCCOC2)n1)C(F)(F)F. The number of anilines is 2. The molecular weight excluding hydrogens is 309 g/mol. The molecule has 2 heterocycles. The van der Waals surface area contributed by atoms with Gasteiger partial charge in [0.2, 0.25) is 5.95 Å². The van der Waals surface area contributed by atoms with Crippen LogP contribution in [-0.2, 0) is 4.74 Å². The van der Waals surface area contributed by atoms with Crippen molar-refractivity contribution in [1.29, 1.82) is 0 Å². The summed E-state index contributed by atoms with van der Waals surface area (Å²) in [5.74, 6) is 0.970. The second-order valence-corrected chi connectivity index (χ2v) is 6.38. The summed E-state index contributed by atoms with van der Waals surface area (Å²) in [5.41, 5.74) is -1.74. The molecular formula is C15H23F3N4O. The smallest absolute Gasteiger partial charge is 0.379 e. The molecule has 1 aromatic heterocycles. The van der Waals surface area contributed by atoms with Crippen LogP contribution in [0.15, 0.2) is 12.3 Å². The van der Waals surface area contributed by atoms with Crippen molar-refractivity contribution < 1.29 is 17.9 Å². The first-order chi connectivity index (χ1) is 10.8. The molecule has 0 aromatic carbocycles. The highest BCUT2D eigenvalue weighted by Gasteiger charge is 2.46. The van der Waals surface area contributed by atoms with Crippen LogP contribution in [0.3, 0.4) is 0 Å². The minimum absolute atomic E-state index is 0.0476. The Morgan fingerprint density at radius 2 is 2.13 bits per heavy atom. The fourth-order valence-corrected chi connectivity index (χ4v) is 2.22. The molecule has 0 amide bonds. The molecule has 8 heteroatoms. The maximum absolute atomic E-state index is 12.8. The van der Waals surface area contributed by atoms with Crippen molar-refractivity contribution in [3.05, 3.63) is 12.3 Å². The van der Waals surface area contributed by atoms with Crippen molar-refractivity contribution in [3.8, 4) is 0 Å². The second-order valence-electron chi connectivity index (χ2n) is 6.38. The number of hydrogen-bond acceptors (Lipinski definition) is 5. The summed E-state index contributed by atoms with van der Waals surface area (Å²) in [6, 6.07) is 1.94. The van der Waals surface area contributed by atoms with Crippen molar-refractivity contribution in [1.82, 2.24) is 9.97 Å². The largest absolute Gasteiger partial charge is 0.394 e. The van der Waals surface area contributed by atoms with Crippen LogP contribution in [-0.4, -0.2) is 41.9 Å². The molecule has 1 aromatic rings. The van der Waals surface area contributed by atoms with Crippen LogP contribution in [0.4, 0.5) is 24.9 Å². The van der Waals surface area contributed by atoms with E-state index in [2.05, 4.69) is 20.6 Å². The Kier molecular flexibility index (Phi) is 5.67. The quantitative estimate of drug-likeness (QED) is 0.835. The Morgan fingerprint density at radius 3 is 2.78 bits per heavy atom. The van der Waals surface area contributed by atoms with Crippen molar-refractivity contribution in [3.63, 3.8) is 0 Å². The third-order valence-electron chi connectivity index (χ3n) is 3.97. The topological polar surface area (TPSA) is 59.1 Å². The fraction of sp³-hybridized carbons (Fsp3) is 0.733. The first kappa shape index (κ1) is 17.8. The number of ether oxygens (including phenoxy) is 1. The average molecular weight is 332 g/mol. The molecule has 23 heavy (non-hydrogen) atoms. The molecule has 0 bridgehead atoms. The van der Waals surface area contributed by atoms with Gasteiger partial charge in [-0.2, -0.15) is 18.2 Å². The van der Waals surface area contributed by atoms with Crippen molar-refractivity contribution in [2.45, 2.75) is 45.3 Å². The first-order valence-electron chi connectivity index (χ1n) is 7.76. The number of nitrogens with one attached hydrogen (secondary N) is 2. The monoisotopic (exact) mass is 332 g/mol. The number of halogens is 3. The molecule has 1 fully saturated rings. The minimum Gasteiger partial charge on any atom is -0.379 e. The maximum Gasteiger partial charge on any atom is 0.394 e. The maximum atomic E-state index is 12.8. The van der Waals surface area contributed by atoms with Crippen LogP contribution in [0.25, 0.3) is 0 Å². The summed E-state index contributed by atoms with van der Waals surface area (Å²) in [4.78, 5) is 8.32. The molecule has 0 radical (unpaired) electrons. The van der Waals surface area contributed by atoms with E-state index in [9.17, 15) is 13.2 Å². The molecule has 0 spiro atoms. The van der Waals surface area contributed by atoms with Gasteiger partial charge in [-0.25, -0.2) is 4.98 Å². The predicted octanol–water partition coefficient (Wildman–Crippen LogP) is 3.46. The lowest BCUT2D eigenvalue weighted by Gasteiger charge is -2.27. The molecule has 5 nitrogen and oxygen atoms in total. The van der Waals surface area contributed by atoms with Gasteiger partial charge in [-0.1, -0.05) is 13.8 Å². The third-order valence-corrected chi connectivity index (χ3v) is 3.97. The Labute approximate surface area is 134 Å². The highest BCUT2D eigenvalue weighted by molar-refractivity contribution is 5.40. The van der Waals surface area contributed by atoms with Crippen LogP contribution in [0.2, 0.25) is 0 Å². The third kappa shape index (κ3) is 5.23. The minimum atomic E-state index is -4.22. The van der Waals surface area contributed by atoms with Crippen molar-refractivity contribution >= 4 is 11.8 Å². The van der Waals surface area contributed by atoms with Gasteiger partial charge in [0.05, 0.1) is 18.1 Å². The van der Waals surface area contributed by atoms with Gasteiger partial charge in [-0.3, -0.25) is 0 Å². The molecule has 0 saturated carbocycles. The van der Waals surface area contributed by atoms with Crippen molar-refractivity contribution in [2.24, 2.45) is 5.41 Å². The second kappa shape index (κ2) is 7.33. The van der Waals surface area contributed by atoms with Crippen molar-refractivity contribution in [2.75, 3.05) is 30.4 Å². The summed E-state index contributed by atoms with van der Waals surface area (Å²) >= 11 is 0. The Hall–Kier alpha value is -1.57. The molecule has 2 rings (SSSR count). The van der Waals surface area contributed by atoms with Gasteiger partial charge in [0.25, 0.3) is 0 Å². The fourth-order valence-electron chi connectivity index (χ4n) is 2.22. The van der Waals surface area contributed by atoms with E-state index in [0.29, 0.717) is 18.4 Å². The first-order valence-corrected chi connectivity index (χ1v) is 7.76. The lowest BCUT2D eigenvalue weighted by atomic mass is 9.89. The zero-order valence-electron chi connectivity index (χ0n) is 13.4. The van der Waals surface area contributed by atoms with E-state index in [1.807, 2.05) is 0 Å². The van der Waals surface area contributed by atoms with E-state index in [-0.39, 0.29) is 19.0 Å². The van der Waals surface area contributed by atoms with Crippen LogP contribution in [0.1, 0.15) is 33.1 Å². The lowest BCUT2D eigenvalue weighted by molar-refractivity contribution is -0.212. The predicted molar refractivity (Wildman–Crippen MR) is 82.4 cm³/mol. The van der Waals surface area contributed by atoms with E-state index in [1.54, 1.807) is 12.3 Å². The standard InChI is InChI=1S/C15H23F3N4O/c1-14(2,15(16,17)18)6-8-20-13-19-7-5-12(22-13)21-11-4-3-9-23-10-11/h5,7,11H,3-4,6,8-10H2,1-2H3,(H2,19,20,21,22). The number of alkyl halides is 3. The lowest BCUT2D eigenvalue weighted by Crippen LogP contribution is -2.34. The Morgan fingerprint density at radius 1 is 1.35 bits per heavy atom. The Balaban J connectivity index is 1.85. The molecule has 130 valence electrons. The van der Waals surface area contributed by atoms with Gasteiger partial charge in [0.1, 0.15) is 5.82 Å². The van der Waals surface area contributed by atoms with E-state index in [1.165, 1.54) is 13.8 Å². The van der Waals surface area contributed by atoms with E-state index < -0.39 is 11.6 Å². The van der Waals surface area contributed by atoms with Gasteiger partial charge in [0.15, 0.2) is 0 Å². The number of nitrogens with zero attached hydrogens (tertiary/aromatic N) is 2. The summed E-state index contributed by atoms with van der Waals surface area (Å²) in [5, 5.41) is 6.11. The molecule has 1 aliphatic rings. The molecule has 1 atom stereocenters. The molecule has 0 aliphatic carbocycles. The van der Waals surface area contributed by atoms with E-state index >= 15 is 0 Å². The zero-order chi connectivity index (χ0) is 16.9. The van der Waals surface area contributed by atoms with Gasteiger partial charge >= 0.3 is 6.18 Å².